The maximum Gasteiger partial charge on any atom is 0.230 e. The minimum Gasteiger partial charge on any atom is -0.395 e. The van der Waals surface area contributed by atoms with E-state index in [4.69, 9.17) is 5.11 Å². The van der Waals surface area contributed by atoms with Crippen LogP contribution in [0.1, 0.15) is 24.8 Å². The van der Waals surface area contributed by atoms with Crippen molar-refractivity contribution in [3.63, 3.8) is 0 Å². The molecular formula is C24H34N6O2. The summed E-state index contributed by atoms with van der Waals surface area (Å²) in [5.74, 6) is 1.93. The molecule has 172 valence electrons. The van der Waals surface area contributed by atoms with Gasteiger partial charge >= 0.3 is 0 Å². The molecule has 2 aromatic rings. The van der Waals surface area contributed by atoms with Crippen molar-refractivity contribution in [1.82, 2.24) is 20.0 Å². The predicted octanol–water partition coefficient (Wildman–Crippen LogP) is 1.43. The van der Waals surface area contributed by atoms with Crippen molar-refractivity contribution >= 4 is 17.5 Å². The summed E-state index contributed by atoms with van der Waals surface area (Å²) in [7, 11) is 0. The Bertz CT molecular complexity index is 847. The van der Waals surface area contributed by atoms with Crippen LogP contribution in [0.25, 0.3) is 0 Å². The highest BCUT2D eigenvalue weighted by Gasteiger charge is 2.28. The second-order valence-corrected chi connectivity index (χ2v) is 8.49. The lowest BCUT2D eigenvalue weighted by Gasteiger charge is -2.37. The van der Waals surface area contributed by atoms with E-state index in [-0.39, 0.29) is 18.4 Å². The summed E-state index contributed by atoms with van der Waals surface area (Å²) in [6, 6.07) is 14.2. The van der Waals surface area contributed by atoms with Gasteiger partial charge in [-0.2, -0.15) is 0 Å². The Hall–Kier alpha value is -2.71. The number of amides is 1. The largest absolute Gasteiger partial charge is 0.395 e. The number of carbonyl (C=O) groups excluding carboxylic acids is 1. The summed E-state index contributed by atoms with van der Waals surface area (Å²) < 4.78 is 0. The SMILES string of the molecule is CCC(C(=O)N1CCN(c2ccc(N3CCN(CCO)CC3)nn2)CC1)c1ccccc1. The Morgan fingerprint density at radius 1 is 0.875 bits per heavy atom. The smallest absolute Gasteiger partial charge is 0.230 e. The van der Waals surface area contributed by atoms with E-state index in [1.54, 1.807) is 0 Å². The lowest BCUT2D eigenvalue weighted by atomic mass is 9.95. The van der Waals surface area contributed by atoms with Crippen molar-refractivity contribution in [3.05, 3.63) is 48.0 Å². The van der Waals surface area contributed by atoms with Gasteiger partial charge in [0, 0.05) is 58.9 Å². The summed E-state index contributed by atoms with van der Waals surface area (Å²) in [5, 5.41) is 18.0. The summed E-state index contributed by atoms with van der Waals surface area (Å²) in [5.41, 5.74) is 1.10. The number of benzene rings is 1. The number of rotatable bonds is 7. The van der Waals surface area contributed by atoms with E-state index in [1.165, 1.54) is 0 Å². The molecule has 0 aliphatic carbocycles. The zero-order chi connectivity index (χ0) is 22.3. The van der Waals surface area contributed by atoms with Crippen LogP contribution < -0.4 is 9.80 Å². The van der Waals surface area contributed by atoms with Gasteiger partial charge in [0.15, 0.2) is 11.6 Å². The van der Waals surface area contributed by atoms with Crippen LogP contribution in [-0.2, 0) is 4.79 Å². The van der Waals surface area contributed by atoms with Crippen molar-refractivity contribution in [3.8, 4) is 0 Å². The second kappa shape index (κ2) is 10.7. The lowest BCUT2D eigenvalue weighted by Crippen LogP contribution is -2.50. The fraction of sp³-hybridized carbons (Fsp3) is 0.542. The van der Waals surface area contributed by atoms with Gasteiger partial charge in [0.2, 0.25) is 5.91 Å². The predicted molar refractivity (Wildman–Crippen MR) is 126 cm³/mol. The first-order chi connectivity index (χ1) is 15.7. The Morgan fingerprint density at radius 3 is 1.94 bits per heavy atom. The normalized spacial score (nSPS) is 18.6. The molecule has 0 spiro atoms. The van der Waals surface area contributed by atoms with Crippen molar-refractivity contribution in [2.75, 3.05) is 75.3 Å². The van der Waals surface area contributed by atoms with Crippen LogP contribution >= 0.6 is 0 Å². The first kappa shape index (κ1) is 22.5. The van der Waals surface area contributed by atoms with E-state index < -0.39 is 0 Å². The van der Waals surface area contributed by atoms with Gasteiger partial charge in [-0.25, -0.2) is 0 Å². The maximum absolute atomic E-state index is 13.1. The number of hydrogen-bond donors (Lipinski definition) is 1. The van der Waals surface area contributed by atoms with Crippen LogP contribution in [0.15, 0.2) is 42.5 Å². The van der Waals surface area contributed by atoms with Crippen molar-refractivity contribution in [2.45, 2.75) is 19.3 Å². The summed E-state index contributed by atoms with van der Waals surface area (Å²) >= 11 is 0. The molecule has 2 aliphatic heterocycles. The quantitative estimate of drug-likeness (QED) is 0.701. The summed E-state index contributed by atoms with van der Waals surface area (Å²) in [4.78, 5) is 21.8. The van der Waals surface area contributed by atoms with Crippen molar-refractivity contribution in [2.24, 2.45) is 0 Å². The molecule has 0 radical (unpaired) electrons. The van der Waals surface area contributed by atoms with E-state index in [0.717, 1.165) is 69.4 Å². The minimum absolute atomic E-state index is 0.0697. The first-order valence-corrected chi connectivity index (χ1v) is 11.7. The molecule has 0 saturated carbocycles. The molecule has 1 aromatic carbocycles. The second-order valence-electron chi connectivity index (χ2n) is 8.49. The van der Waals surface area contributed by atoms with Gasteiger partial charge in [0.25, 0.3) is 0 Å². The Labute approximate surface area is 190 Å². The van der Waals surface area contributed by atoms with Gasteiger partial charge in [-0.15, -0.1) is 10.2 Å². The van der Waals surface area contributed by atoms with Crippen LogP contribution in [0.3, 0.4) is 0 Å². The third kappa shape index (κ3) is 5.19. The Morgan fingerprint density at radius 2 is 1.44 bits per heavy atom. The number of anilines is 2. The fourth-order valence-corrected chi connectivity index (χ4v) is 4.61. The van der Waals surface area contributed by atoms with Crippen LogP contribution in [0, 0.1) is 0 Å². The molecule has 1 atom stereocenters. The van der Waals surface area contributed by atoms with Crippen molar-refractivity contribution in [1.29, 1.82) is 0 Å². The molecule has 1 amide bonds. The monoisotopic (exact) mass is 438 g/mol. The number of piperazine rings is 2. The molecular weight excluding hydrogens is 404 g/mol. The van der Waals surface area contributed by atoms with Crippen LogP contribution in [0.4, 0.5) is 11.6 Å². The van der Waals surface area contributed by atoms with Gasteiger partial charge in [0.05, 0.1) is 12.5 Å². The number of hydrogen-bond acceptors (Lipinski definition) is 7. The highest BCUT2D eigenvalue weighted by Crippen LogP contribution is 2.24. The molecule has 8 nitrogen and oxygen atoms in total. The molecule has 1 N–H and O–H groups in total. The van der Waals surface area contributed by atoms with E-state index in [1.807, 2.05) is 47.4 Å². The molecule has 32 heavy (non-hydrogen) atoms. The molecule has 2 fully saturated rings. The zero-order valence-corrected chi connectivity index (χ0v) is 18.9. The molecule has 4 rings (SSSR count). The average Bonchev–Trinajstić information content (AvgIpc) is 2.86. The van der Waals surface area contributed by atoms with Crippen molar-refractivity contribution < 1.29 is 9.90 Å². The van der Waals surface area contributed by atoms with Gasteiger partial charge in [0.1, 0.15) is 0 Å². The van der Waals surface area contributed by atoms with Crippen LogP contribution in [-0.4, -0.2) is 96.5 Å². The van der Waals surface area contributed by atoms with Gasteiger partial charge < -0.3 is 19.8 Å². The third-order valence-electron chi connectivity index (χ3n) is 6.57. The van der Waals surface area contributed by atoms with Gasteiger partial charge in [-0.05, 0) is 24.1 Å². The molecule has 3 heterocycles. The Balaban J connectivity index is 1.30. The van der Waals surface area contributed by atoms with Crippen LogP contribution in [0.5, 0.6) is 0 Å². The van der Waals surface area contributed by atoms with E-state index in [2.05, 4.69) is 31.8 Å². The molecule has 0 bridgehead atoms. The number of aliphatic hydroxyl groups excluding tert-OH is 1. The number of nitrogens with zero attached hydrogens (tertiary/aromatic N) is 6. The minimum atomic E-state index is -0.0697. The zero-order valence-electron chi connectivity index (χ0n) is 18.9. The molecule has 2 saturated heterocycles. The highest BCUT2D eigenvalue weighted by atomic mass is 16.3. The number of aromatic nitrogens is 2. The fourth-order valence-electron chi connectivity index (χ4n) is 4.61. The topological polar surface area (TPSA) is 76.0 Å². The van der Waals surface area contributed by atoms with Crippen LogP contribution in [0.2, 0.25) is 0 Å². The molecule has 8 heteroatoms. The van der Waals surface area contributed by atoms with Gasteiger partial charge in [-0.1, -0.05) is 37.3 Å². The molecule has 1 aromatic heterocycles. The lowest BCUT2D eigenvalue weighted by molar-refractivity contribution is -0.133. The maximum atomic E-state index is 13.1. The number of aliphatic hydroxyl groups is 1. The standard InChI is InChI=1S/C24H34N6O2/c1-2-21(20-6-4-3-5-7-20)24(32)30-16-14-29(15-17-30)23-9-8-22(25-26-23)28-12-10-27(11-13-28)18-19-31/h3-9,21,31H,2,10-19H2,1H3. The average molecular weight is 439 g/mol. The highest BCUT2D eigenvalue weighted by molar-refractivity contribution is 5.84. The Kier molecular flexibility index (Phi) is 7.55. The first-order valence-electron chi connectivity index (χ1n) is 11.7. The van der Waals surface area contributed by atoms with E-state index in [9.17, 15) is 4.79 Å². The van der Waals surface area contributed by atoms with E-state index in [0.29, 0.717) is 13.1 Å². The number of β-amino-alcohol motifs (C(OH)–C–C–N with tert-alkyl or cyclic N) is 1. The van der Waals surface area contributed by atoms with E-state index >= 15 is 0 Å². The summed E-state index contributed by atoms with van der Waals surface area (Å²) in [6.45, 7) is 9.63. The third-order valence-corrected chi connectivity index (χ3v) is 6.57. The van der Waals surface area contributed by atoms with Gasteiger partial charge in [-0.3, -0.25) is 9.69 Å². The molecule has 2 aliphatic rings. The summed E-state index contributed by atoms with van der Waals surface area (Å²) in [6.07, 6.45) is 0.810. The molecule has 1 unspecified atom stereocenters. The number of carbonyl (C=O) groups is 1.